The van der Waals surface area contributed by atoms with Gasteiger partial charge in [0, 0.05) is 0 Å². The third kappa shape index (κ3) is 6.64. The summed E-state index contributed by atoms with van der Waals surface area (Å²) in [6.07, 6.45) is 5.77. The quantitative estimate of drug-likeness (QED) is 0.423. The first-order valence-corrected chi connectivity index (χ1v) is 9.40. The Balaban J connectivity index is 0.00000312. The van der Waals surface area contributed by atoms with E-state index in [9.17, 15) is 13.5 Å². The van der Waals surface area contributed by atoms with Crippen molar-refractivity contribution < 1.29 is 52.4 Å². The second-order valence-electron chi connectivity index (χ2n) is 5.62. The van der Waals surface area contributed by atoms with Gasteiger partial charge in [-0.2, -0.15) is 8.42 Å². The van der Waals surface area contributed by atoms with E-state index in [4.69, 9.17) is 9.29 Å². The van der Waals surface area contributed by atoms with Crippen LogP contribution in [0.15, 0.2) is 47.4 Å². The van der Waals surface area contributed by atoms with Crippen molar-refractivity contribution in [2.45, 2.75) is 43.9 Å². The van der Waals surface area contributed by atoms with Crippen LogP contribution in [0, 0.1) is 0 Å². The topological polar surface area (TPSA) is 86.7 Å². The molecule has 0 aromatic heterocycles. The van der Waals surface area contributed by atoms with Crippen LogP contribution in [0.25, 0.3) is 0 Å². The van der Waals surface area contributed by atoms with E-state index < -0.39 is 20.8 Å². The molecule has 2 aromatic rings. The van der Waals surface area contributed by atoms with Crippen molar-refractivity contribution >= 4 is 10.1 Å². The van der Waals surface area contributed by atoms with Gasteiger partial charge >= 0.3 is 29.6 Å². The second kappa shape index (κ2) is 10.2. The molecule has 0 fully saturated rings. The second-order valence-corrected chi connectivity index (χ2v) is 7.01. The largest absolute Gasteiger partial charge is 1.00 e. The third-order valence-electron chi connectivity index (χ3n) is 3.69. The molecule has 0 saturated heterocycles. The first-order valence-electron chi connectivity index (χ1n) is 7.96. The normalized spacial score (nSPS) is 11.0. The van der Waals surface area contributed by atoms with E-state index >= 15 is 0 Å². The van der Waals surface area contributed by atoms with E-state index in [0.717, 1.165) is 18.9 Å². The molecule has 0 amide bonds. The van der Waals surface area contributed by atoms with Crippen LogP contribution in [0.5, 0.6) is 17.2 Å². The van der Waals surface area contributed by atoms with Crippen LogP contribution in [0.1, 0.15) is 38.2 Å². The number of rotatable bonds is 8. The molecule has 2 rings (SSSR count). The number of hydrogen-bond acceptors (Lipinski definition) is 4. The molecule has 0 bridgehead atoms. The average molecular weight is 372 g/mol. The molecule has 0 saturated carbocycles. The minimum atomic E-state index is -4.56. The molecule has 0 spiro atoms. The first kappa shape index (κ1) is 22.0. The van der Waals surface area contributed by atoms with Crippen molar-refractivity contribution in [2.75, 3.05) is 0 Å². The average Bonchev–Trinajstić information content (AvgIpc) is 2.54. The summed E-state index contributed by atoms with van der Waals surface area (Å²) in [5, 5.41) is 12.0. The Bertz CT molecular complexity index is 773. The Morgan fingerprint density at radius 2 is 1.72 bits per heavy atom. The summed E-state index contributed by atoms with van der Waals surface area (Å²) in [6, 6.07) is 11.1. The van der Waals surface area contributed by atoms with Crippen LogP contribution in [0.3, 0.4) is 0 Å². The van der Waals surface area contributed by atoms with Crippen LogP contribution >= 0.6 is 0 Å². The van der Waals surface area contributed by atoms with Crippen molar-refractivity contribution in [3.63, 3.8) is 0 Å². The van der Waals surface area contributed by atoms with E-state index in [1.54, 1.807) is 12.1 Å². The van der Waals surface area contributed by atoms with Gasteiger partial charge in [0.05, 0.1) is 4.90 Å². The fraction of sp³-hybridized carbons (Fsp3) is 0.333. The van der Waals surface area contributed by atoms with Gasteiger partial charge in [-0.25, -0.2) is 0 Å². The van der Waals surface area contributed by atoms with Gasteiger partial charge in [0.2, 0.25) is 0 Å². The van der Waals surface area contributed by atoms with Crippen LogP contribution in [-0.2, 0) is 16.5 Å². The zero-order valence-electron chi connectivity index (χ0n) is 14.6. The Hall–Kier alpha value is -1.05. The summed E-state index contributed by atoms with van der Waals surface area (Å²) in [4.78, 5) is -0.687. The number of unbranched alkanes of at least 4 members (excludes halogenated alkanes) is 3. The summed E-state index contributed by atoms with van der Waals surface area (Å²) in [6.45, 7) is 2.17. The SMILES string of the molecule is CCCCCCc1ccc(Oc2cccc(S(=O)(=O)O)c2[O-])cc1.[Na+]. The Morgan fingerprint density at radius 3 is 2.32 bits per heavy atom. The minimum Gasteiger partial charge on any atom is -0.869 e. The molecule has 0 heterocycles. The Morgan fingerprint density at radius 1 is 1.04 bits per heavy atom. The minimum absolute atomic E-state index is 0. The van der Waals surface area contributed by atoms with Gasteiger partial charge in [-0.3, -0.25) is 4.55 Å². The molecule has 5 nitrogen and oxygen atoms in total. The predicted octanol–water partition coefficient (Wildman–Crippen LogP) is 0.926. The molecule has 0 atom stereocenters. The summed E-state index contributed by atoms with van der Waals surface area (Å²) >= 11 is 0. The molecule has 0 aliphatic carbocycles. The number of benzene rings is 2. The monoisotopic (exact) mass is 372 g/mol. The Labute approximate surface area is 171 Å². The molecule has 130 valence electrons. The number of para-hydroxylation sites is 1. The van der Waals surface area contributed by atoms with Crippen molar-refractivity contribution in [3.8, 4) is 17.2 Å². The molecule has 0 unspecified atom stereocenters. The van der Waals surface area contributed by atoms with Gasteiger partial charge in [0.25, 0.3) is 10.1 Å². The van der Waals surface area contributed by atoms with Gasteiger partial charge in [0.1, 0.15) is 11.5 Å². The van der Waals surface area contributed by atoms with Gasteiger partial charge in [0.15, 0.2) is 0 Å². The zero-order chi connectivity index (χ0) is 17.6. The number of hydrogen-bond donors (Lipinski definition) is 1. The molecule has 2 aromatic carbocycles. The molecular formula is C18H21NaO5S. The molecule has 1 N–H and O–H groups in total. The van der Waals surface area contributed by atoms with Crippen molar-refractivity contribution in [3.05, 3.63) is 48.0 Å². The molecule has 0 aliphatic rings. The van der Waals surface area contributed by atoms with Gasteiger partial charge in [-0.15, -0.1) is 0 Å². The van der Waals surface area contributed by atoms with Crippen molar-refractivity contribution in [1.82, 2.24) is 0 Å². The van der Waals surface area contributed by atoms with E-state index in [0.29, 0.717) is 5.75 Å². The van der Waals surface area contributed by atoms with Crippen LogP contribution in [-0.4, -0.2) is 13.0 Å². The molecule has 0 radical (unpaired) electrons. The summed E-state index contributed by atoms with van der Waals surface area (Å²) < 4.78 is 36.8. The van der Waals surface area contributed by atoms with E-state index in [-0.39, 0.29) is 35.3 Å². The van der Waals surface area contributed by atoms with Crippen LogP contribution in [0.2, 0.25) is 0 Å². The molecule has 25 heavy (non-hydrogen) atoms. The van der Waals surface area contributed by atoms with Crippen molar-refractivity contribution in [1.29, 1.82) is 0 Å². The summed E-state index contributed by atoms with van der Waals surface area (Å²) in [5.41, 5.74) is 1.19. The summed E-state index contributed by atoms with van der Waals surface area (Å²) in [7, 11) is -4.56. The van der Waals surface area contributed by atoms with Gasteiger partial charge in [-0.05, 0) is 48.4 Å². The number of aryl methyl sites for hydroxylation is 1. The van der Waals surface area contributed by atoms with E-state index in [1.165, 1.54) is 37.0 Å². The summed E-state index contributed by atoms with van der Waals surface area (Å²) in [5.74, 6) is -0.554. The van der Waals surface area contributed by atoms with Gasteiger partial charge < -0.3 is 9.84 Å². The van der Waals surface area contributed by atoms with Gasteiger partial charge in [-0.1, -0.05) is 44.4 Å². The smallest absolute Gasteiger partial charge is 0.869 e. The zero-order valence-corrected chi connectivity index (χ0v) is 17.4. The van der Waals surface area contributed by atoms with E-state index in [1.807, 2.05) is 12.1 Å². The molecule has 0 aliphatic heterocycles. The maximum absolute atomic E-state index is 12.0. The fourth-order valence-electron chi connectivity index (χ4n) is 2.39. The maximum atomic E-state index is 12.0. The van der Waals surface area contributed by atoms with Crippen LogP contribution < -0.4 is 39.4 Å². The fourth-order valence-corrected chi connectivity index (χ4v) is 2.97. The first-order chi connectivity index (χ1) is 11.4. The molecule has 7 heteroatoms. The standard InChI is InChI=1S/C18H22O5S.Na/c1-2-3-4-5-7-14-10-12-15(13-11-14)23-16-8-6-9-17(18(16)19)24(20,21)22;/h6,8-13,19H,2-5,7H2,1H3,(H,20,21,22);/q;+1/p-1. The third-order valence-corrected chi connectivity index (χ3v) is 4.57. The molecular weight excluding hydrogens is 351 g/mol. The predicted molar refractivity (Wildman–Crippen MR) is 90.1 cm³/mol. The van der Waals surface area contributed by atoms with E-state index in [2.05, 4.69) is 6.92 Å². The number of ether oxygens (including phenoxy) is 1. The Kier molecular flexibility index (Phi) is 8.96. The van der Waals surface area contributed by atoms with Crippen LogP contribution in [0.4, 0.5) is 0 Å². The van der Waals surface area contributed by atoms with Crippen molar-refractivity contribution in [2.24, 2.45) is 0 Å². The maximum Gasteiger partial charge on any atom is 1.00 e.